The standard InChI is InChI=1S/C47H70N4O14/c1-25-17-30-5-7-34-26(2)18-32(58-34)9-11-47-23-39-43(64-47)44-45(63-39)46(65-47)42-35(62-44)8-6-31(60-42)19-28(52)20-33-37(22-36(59-30)27(25)3)61-38(41(33)55-4)21-29(53)24-49-40(54)10-13-56-15-16-57-14-12-50-51-48/h25,29-39,41-46,53H,2-3,5-24H2,1,4H3,(H,49,54)/t25-,29+,30+,31-,32+,33+,34+,35+,36-,37+,38-,39-,41-,42+,43+,44+,45-,46+,47+/m1/s1. The quantitative estimate of drug-likeness (QED) is 0.0816. The van der Waals surface area contributed by atoms with E-state index in [-0.39, 0.29) is 136 Å². The Morgan fingerprint density at radius 2 is 1.60 bits per heavy atom. The van der Waals surface area contributed by atoms with Crippen molar-refractivity contribution in [2.45, 2.75) is 200 Å². The van der Waals surface area contributed by atoms with Crippen LogP contribution in [-0.4, -0.2) is 167 Å². The van der Waals surface area contributed by atoms with E-state index < -0.39 is 36.3 Å². The molecular weight excluding hydrogens is 845 g/mol. The molecule has 362 valence electrons. The average molecular weight is 915 g/mol. The number of fused-ring (bicyclic) bond motifs is 6. The van der Waals surface area contributed by atoms with Gasteiger partial charge in [-0.1, -0.05) is 25.2 Å². The lowest BCUT2D eigenvalue weighted by Crippen LogP contribution is -2.61. The van der Waals surface area contributed by atoms with Gasteiger partial charge in [0.1, 0.15) is 36.3 Å². The van der Waals surface area contributed by atoms with Gasteiger partial charge in [-0.05, 0) is 67.5 Å². The second-order valence-electron chi connectivity index (χ2n) is 19.9. The molecule has 0 aromatic carbocycles. The van der Waals surface area contributed by atoms with Gasteiger partial charge in [-0.2, -0.15) is 0 Å². The Balaban J connectivity index is 0.875. The van der Waals surface area contributed by atoms with Crippen LogP contribution >= 0.6 is 0 Å². The van der Waals surface area contributed by atoms with Crippen LogP contribution in [0.4, 0.5) is 0 Å². The summed E-state index contributed by atoms with van der Waals surface area (Å²) < 4.78 is 71.3. The van der Waals surface area contributed by atoms with Gasteiger partial charge in [0.15, 0.2) is 5.79 Å². The molecular formula is C47H70N4O14. The maximum atomic E-state index is 14.3. The van der Waals surface area contributed by atoms with E-state index >= 15 is 0 Å². The summed E-state index contributed by atoms with van der Waals surface area (Å²) in [7, 11) is 1.62. The molecule has 10 fully saturated rings. The SMILES string of the molecule is C=C1C[C@@H]2CC[C@@]34C[C@H]5O[C@H]6[C@@H](O3)[C@H]3O[C@H](CC[C@@H]3O[C@H]6[C@H]5O4)CC(=O)C[C@@H]3[C@@H](OC)[C@@H](C[C@H](O)CNC(=O)CCOCCOCCN=[N+]=[N-])O[C@H]3C[C@H]3O[C@@H](CC[C@@H]1O2)C[C@@H](C)C3=C. The highest BCUT2D eigenvalue weighted by Gasteiger charge is 2.68. The molecule has 0 unspecified atom stereocenters. The van der Waals surface area contributed by atoms with Crippen molar-refractivity contribution in [2.75, 3.05) is 46.6 Å². The van der Waals surface area contributed by atoms with Crippen molar-refractivity contribution in [2.24, 2.45) is 17.0 Å². The lowest BCUT2D eigenvalue weighted by Gasteiger charge is -2.47. The van der Waals surface area contributed by atoms with E-state index in [9.17, 15) is 14.7 Å². The van der Waals surface area contributed by atoms with Crippen molar-refractivity contribution in [3.63, 3.8) is 0 Å². The number of carbonyl (C=O) groups is 2. The van der Waals surface area contributed by atoms with E-state index in [1.165, 1.54) is 0 Å². The molecule has 10 rings (SSSR count). The number of nitrogens with zero attached hydrogens (tertiary/aromatic N) is 3. The van der Waals surface area contributed by atoms with Gasteiger partial charge in [-0.3, -0.25) is 9.59 Å². The van der Waals surface area contributed by atoms with Gasteiger partial charge in [0.05, 0.1) is 93.6 Å². The Morgan fingerprint density at radius 3 is 2.43 bits per heavy atom. The van der Waals surface area contributed by atoms with Crippen molar-refractivity contribution >= 4 is 11.7 Å². The van der Waals surface area contributed by atoms with E-state index in [0.29, 0.717) is 45.5 Å². The first-order valence-electron chi connectivity index (χ1n) is 24.3. The Labute approximate surface area is 381 Å². The van der Waals surface area contributed by atoms with Crippen molar-refractivity contribution < 1.29 is 66.8 Å². The Kier molecular flexibility index (Phi) is 15.3. The number of aliphatic hydroxyl groups is 1. The van der Waals surface area contributed by atoms with E-state index in [4.69, 9.17) is 57.6 Å². The number of ether oxygens (including phenoxy) is 11. The van der Waals surface area contributed by atoms with Gasteiger partial charge in [-0.25, -0.2) is 0 Å². The predicted octanol–water partition coefficient (Wildman–Crippen LogP) is 4.33. The summed E-state index contributed by atoms with van der Waals surface area (Å²) in [4.78, 5) is 29.6. The number of ketones is 1. The number of rotatable bonds is 14. The van der Waals surface area contributed by atoms with Gasteiger partial charge in [0.2, 0.25) is 5.91 Å². The number of azide groups is 1. The van der Waals surface area contributed by atoms with E-state index in [2.05, 4.69) is 35.4 Å². The molecule has 18 nitrogen and oxygen atoms in total. The number of methoxy groups -OCH3 is 1. The van der Waals surface area contributed by atoms with E-state index in [1.54, 1.807) is 7.11 Å². The van der Waals surface area contributed by atoms with Crippen molar-refractivity contribution in [1.82, 2.24) is 5.32 Å². The minimum absolute atomic E-state index is 0.0146. The summed E-state index contributed by atoms with van der Waals surface area (Å²) in [5, 5.41) is 17.4. The van der Waals surface area contributed by atoms with Crippen LogP contribution < -0.4 is 5.32 Å². The number of Topliss-reactive ketones (excluding diaryl/α,β-unsaturated/α-hetero) is 1. The fourth-order valence-electron chi connectivity index (χ4n) is 12.2. The largest absolute Gasteiger partial charge is 0.391 e. The fraction of sp³-hybridized carbons (Fsp3) is 0.872. The number of hydrogen-bond acceptors (Lipinski definition) is 15. The second-order valence-corrected chi connectivity index (χ2v) is 19.9. The number of nitrogens with one attached hydrogen (secondary N) is 1. The molecule has 10 heterocycles. The topological polar surface area (TPSA) is 217 Å². The van der Waals surface area contributed by atoms with Crippen molar-refractivity contribution in [1.29, 1.82) is 0 Å². The molecule has 0 aliphatic carbocycles. The van der Waals surface area contributed by atoms with Crippen LogP contribution in [0.3, 0.4) is 0 Å². The predicted molar refractivity (Wildman–Crippen MR) is 230 cm³/mol. The Morgan fingerprint density at radius 1 is 0.846 bits per heavy atom. The van der Waals surface area contributed by atoms with Crippen molar-refractivity contribution in [3.8, 4) is 0 Å². The molecule has 19 atom stereocenters. The number of amides is 1. The molecule has 0 aromatic heterocycles. The van der Waals surface area contributed by atoms with Crippen LogP contribution in [0.2, 0.25) is 0 Å². The maximum absolute atomic E-state index is 14.3. The van der Waals surface area contributed by atoms with Crippen molar-refractivity contribution in [3.05, 3.63) is 34.7 Å². The van der Waals surface area contributed by atoms with Gasteiger partial charge >= 0.3 is 0 Å². The molecule has 2 N–H and O–H groups in total. The first-order chi connectivity index (χ1) is 31.5. The van der Waals surface area contributed by atoms with Gasteiger partial charge in [0, 0.05) is 76.0 Å². The third-order valence-electron chi connectivity index (χ3n) is 15.5. The smallest absolute Gasteiger partial charge is 0.222 e. The molecule has 65 heavy (non-hydrogen) atoms. The summed E-state index contributed by atoms with van der Waals surface area (Å²) in [6, 6.07) is 0. The molecule has 0 saturated carbocycles. The first-order valence-corrected chi connectivity index (χ1v) is 24.3. The van der Waals surface area contributed by atoms with E-state index in [1.807, 2.05) is 0 Å². The maximum Gasteiger partial charge on any atom is 0.222 e. The molecule has 18 heteroatoms. The van der Waals surface area contributed by atoms with Crippen LogP contribution in [0.15, 0.2) is 29.4 Å². The summed E-state index contributed by atoms with van der Waals surface area (Å²) in [6.45, 7) is 12.5. The molecule has 0 radical (unpaired) electrons. The third kappa shape index (κ3) is 10.7. The summed E-state index contributed by atoms with van der Waals surface area (Å²) in [5.74, 6) is -1.14. The normalized spacial score (nSPS) is 44.0. The number of aliphatic hydroxyl groups excluding tert-OH is 1. The summed E-state index contributed by atoms with van der Waals surface area (Å²) in [5.41, 5.74) is 10.5. The minimum atomic E-state index is -0.933. The molecule has 10 aliphatic rings. The van der Waals surface area contributed by atoms with E-state index in [0.717, 1.165) is 49.7 Å². The highest BCUT2D eigenvalue weighted by Crippen LogP contribution is 2.54. The van der Waals surface area contributed by atoms with Gasteiger partial charge < -0.3 is 62.5 Å². The number of carbonyl (C=O) groups excluding carboxylic acids is 2. The Bertz CT molecular complexity index is 1770. The summed E-state index contributed by atoms with van der Waals surface area (Å²) >= 11 is 0. The Hall–Kier alpha value is -2.55. The summed E-state index contributed by atoms with van der Waals surface area (Å²) in [6.07, 6.45) is 3.15. The van der Waals surface area contributed by atoms with Gasteiger partial charge in [0.25, 0.3) is 0 Å². The zero-order chi connectivity index (χ0) is 45.2. The zero-order valence-electron chi connectivity index (χ0n) is 38.0. The molecule has 10 saturated heterocycles. The number of hydrogen-bond donors (Lipinski definition) is 2. The highest BCUT2D eigenvalue weighted by atomic mass is 16.8. The first kappa shape index (κ1) is 47.5. The monoisotopic (exact) mass is 914 g/mol. The van der Waals surface area contributed by atoms with Crippen LogP contribution in [0.25, 0.3) is 10.4 Å². The van der Waals surface area contributed by atoms with Gasteiger partial charge in [-0.15, -0.1) is 0 Å². The second kappa shape index (κ2) is 21.0. The molecule has 10 aliphatic heterocycles. The lowest BCUT2D eigenvalue weighted by molar-refractivity contribution is -0.292. The molecule has 1 spiro atoms. The third-order valence-corrected chi connectivity index (χ3v) is 15.5. The van der Waals surface area contributed by atoms with Crippen LogP contribution in [0, 0.1) is 11.8 Å². The average Bonchev–Trinajstić information content (AvgIpc) is 3.96. The molecule has 12 bridgehead atoms. The zero-order valence-corrected chi connectivity index (χ0v) is 38.0. The molecule has 0 aromatic rings. The lowest BCUT2D eigenvalue weighted by atomic mass is 9.81. The van der Waals surface area contributed by atoms with Crippen LogP contribution in [0.1, 0.15) is 96.8 Å². The fourth-order valence-corrected chi connectivity index (χ4v) is 12.2. The van der Waals surface area contributed by atoms with Crippen LogP contribution in [0.5, 0.6) is 0 Å². The molecule has 1 amide bonds. The minimum Gasteiger partial charge on any atom is -0.391 e. The van der Waals surface area contributed by atoms with Crippen LogP contribution in [-0.2, 0) is 61.7 Å². The highest BCUT2D eigenvalue weighted by molar-refractivity contribution is 5.79.